The van der Waals surface area contributed by atoms with E-state index in [1.165, 1.54) is 0 Å². The Morgan fingerprint density at radius 2 is 2.13 bits per heavy atom. The number of nitrogens with zero attached hydrogens (tertiary/aromatic N) is 1. The average Bonchev–Trinajstić information content (AvgIpc) is 2.45. The van der Waals surface area contributed by atoms with E-state index in [1.807, 2.05) is 13.8 Å². The summed E-state index contributed by atoms with van der Waals surface area (Å²) in [5, 5.41) is 0. The van der Waals surface area contributed by atoms with Gasteiger partial charge in [0.15, 0.2) is 0 Å². The van der Waals surface area contributed by atoms with Gasteiger partial charge in [-0.2, -0.15) is 0 Å². The zero-order valence-corrected chi connectivity index (χ0v) is 14.6. The lowest BCUT2D eigenvalue weighted by atomic mass is 10.0. The molecule has 2 rings (SSSR count). The van der Waals surface area contributed by atoms with Crippen molar-refractivity contribution in [3.8, 4) is 0 Å². The number of nitrogens with one attached hydrogen (secondary N) is 1. The van der Waals surface area contributed by atoms with Gasteiger partial charge in [0.1, 0.15) is 0 Å². The SMILES string of the molecule is CCCS(=O)(=O)Nc1cccc(C(=O)N2CCOCC2(C)C)c1. The minimum absolute atomic E-state index is 0.0572. The molecule has 1 fully saturated rings. The Bertz CT molecular complexity index is 670. The van der Waals surface area contributed by atoms with Gasteiger partial charge in [-0.1, -0.05) is 13.0 Å². The summed E-state index contributed by atoms with van der Waals surface area (Å²) in [4.78, 5) is 14.5. The van der Waals surface area contributed by atoms with Crippen LogP contribution in [0.2, 0.25) is 0 Å². The molecule has 1 N–H and O–H groups in total. The number of sulfonamides is 1. The first-order valence-electron chi connectivity index (χ1n) is 7.75. The van der Waals surface area contributed by atoms with Crippen molar-refractivity contribution in [3.05, 3.63) is 29.8 Å². The second-order valence-electron chi connectivity index (χ2n) is 6.32. The number of morpholine rings is 1. The fraction of sp³-hybridized carbons (Fsp3) is 0.562. The number of benzene rings is 1. The van der Waals surface area contributed by atoms with Crippen LogP contribution in [0.3, 0.4) is 0 Å². The molecule has 6 nitrogen and oxygen atoms in total. The summed E-state index contributed by atoms with van der Waals surface area (Å²) in [6.45, 7) is 7.24. The first-order chi connectivity index (χ1) is 10.7. The number of anilines is 1. The van der Waals surface area contributed by atoms with E-state index in [4.69, 9.17) is 4.74 Å². The Kier molecular flexibility index (Phi) is 5.31. The lowest BCUT2D eigenvalue weighted by Gasteiger charge is -2.42. The highest BCUT2D eigenvalue weighted by atomic mass is 32.2. The molecule has 1 aromatic rings. The Morgan fingerprint density at radius 3 is 2.78 bits per heavy atom. The van der Waals surface area contributed by atoms with Crippen LogP contribution in [0, 0.1) is 0 Å². The van der Waals surface area contributed by atoms with E-state index in [0.29, 0.717) is 37.4 Å². The maximum absolute atomic E-state index is 12.8. The molecule has 1 amide bonds. The van der Waals surface area contributed by atoms with Crippen molar-refractivity contribution in [1.82, 2.24) is 4.90 Å². The third-order valence-corrected chi connectivity index (χ3v) is 5.24. The Morgan fingerprint density at radius 1 is 1.39 bits per heavy atom. The number of rotatable bonds is 5. The quantitative estimate of drug-likeness (QED) is 0.890. The molecule has 0 unspecified atom stereocenters. The summed E-state index contributed by atoms with van der Waals surface area (Å²) in [5.41, 5.74) is 0.500. The molecule has 1 aliphatic rings. The standard InChI is InChI=1S/C16H24N2O4S/c1-4-10-23(20,21)17-14-7-5-6-13(11-14)15(19)18-8-9-22-12-16(18,2)3/h5-7,11,17H,4,8-10,12H2,1-3H3. The second-order valence-corrected chi connectivity index (χ2v) is 8.17. The molecule has 0 spiro atoms. The molecule has 1 heterocycles. The lowest BCUT2D eigenvalue weighted by molar-refractivity contribution is -0.0370. The third kappa shape index (κ3) is 4.45. The van der Waals surface area contributed by atoms with Crippen molar-refractivity contribution in [1.29, 1.82) is 0 Å². The van der Waals surface area contributed by atoms with Gasteiger partial charge in [-0.05, 0) is 38.5 Å². The molecule has 1 saturated heterocycles. The Labute approximate surface area is 137 Å². The number of carbonyl (C=O) groups excluding carboxylic acids is 1. The molecule has 1 aliphatic heterocycles. The first-order valence-corrected chi connectivity index (χ1v) is 9.41. The van der Waals surface area contributed by atoms with Gasteiger partial charge in [0.05, 0.1) is 24.5 Å². The average molecular weight is 340 g/mol. The van der Waals surface area contributed by atoms with E-state index < -0.39 is 10.0 Å². The highest BCUT2D eigenvalue weighted by Crippen LogP contribution is 2.23. The second kappa shape index (κ2) is 6.88. The van der Waals surface area contributed by atoms with Gasteiger partial charge in [0.25, 0.3) is 5.91 Å². The summed E-state index contributed by atoms with van der Waals surface area (Å²) < 4.78 is 31.7. The van der Waals surface area contributed by atoms with E-state index >= 15 is 0 Å². The zero-order chi connectivity index (χ0) is 17.1. The maximum Gasteiger partial charge on any atom is 0.254 e. The molecule has 0 atom stereocenters. The zero-order valence-electron chi connectivity index (χ0n) is 13.8. The van der Waals surface area contributed by atoms with Gasteiger partial charge < -0.3 is 9.64 Å². The molecule has 7 heteroatoms. The van der Waals surface area contributed by atoms with Crippen LogP contribution in [0.1, 0.15) is 37.6 Å². The van der Waals surface area contributed by atoms with Crippen LogP contribution in [-0.2, 0) is 14.8 Å². The smallest absolute Gasteiger partial charge is 0.254 e. The summed E-state index contributed by atoms with van der Waals surface area (Å²) in [5.74, 6) is -0.0587. The fourth-order valence-corrected chi connectivity index (χ4v) is 3.73. The van der Waals surface area contributed by atoms with Crippen LogP contribution in [0.25, 0.3) is 0 Å². The van der Waals surface area contributed by atoms with E-state index in [0.717, 1.165) is 0 Å². The van der Waals surface area contributed by atoms with Crippen molar-refractivity contribution < 1.29 is 17.9 Å². The predicted octanol–water partition coefficient (Wildman–Crippen LogP) is 2.09. The molecule has 0 bridgehead atoms. The number of carbonyl (C=O) groups is 1. The molecule has 0 radical (unpaired) electrons. The van der Waals surface area contributed by atoms with Crippen molar-refractivity contribution in [2.45, 2.75) is 32.7 Å². The van der Waals surface area contributed by atoms with Gasteiger partial charge in [-0.3, -0.25) is 9.52 Å². The predicted molar refractivity (Wildman–Crippen MR) is 90.1 cm³/mol. The van der Waals surface area contributed by atoms with Crippen LogP contribution in [0.4, 0.5) is 5.69 Å². The minimum Gasteiger partial charge on any atom is -0.377 e. The Balaban J connectivity index is 2.20. The van der Waals surface area contributed by atoms with Gasteiger partial charge in [0.2, 0.25) is 10.0 Å². The van der Waals surface area contributed by atoms with Crippen LogP contribution in [0.15, 0.2) is 24.3 Å². The first kappa shape index (κ1) is 17.7. The Hall–Kier alpha value is -1.60. The number of hydrogen-bond donors (Lipinski definition) is 1. The molecule has 0 aromatic heterocycles. The molecule has 0 aliphatic carbocycles. The van der Waals surface area contributed by atoms with Gasteiger partial charge in [0, 0.05) is 17.8 Å². The van der Waals surface area contributed by atoms with Crippen molar-refractivity contribution in [2.75, 3.05) is 30.2 Å². The molecular formula is C16H24N2O4S. The molecule has 0 saturated carbocycles. The number of hydrogen-bond acceptors (Lipinski definition) is 4. The van der Waals surface area contributed by atoms with E-state index in [9.17, 15) is 13.2 Å². The summed E-state index contributed by atoms with van der Waals surface area (Å²) in [6.07, 6.45) is 0.538. The summed E-state index contributed by atoms with van der Waals surface area (Å²) >= 11 is 0. The molecule has 23 heavy (non-hydrogen) atoms. The van der Waals surface area contributed by atoms with Crippen LogP contribution >= 0.6 is 0 Å². The van der Waals surface area contributed by atoms with Crippen molar-refractivity contribution in [3.63, 3.8) is 0 Å². The van der Waals surface area contributed by atoms with Crippen molar-refractivity contribution >= 4 is 21.6 Å². The summed E-state index contributed by atoms with van der Waals surface area (Å²) in [6, 6.07) is 6.62. The monoisotopic (exact) mass is 340 g/mol. The number of amides is 1. The van der Waals surface area contributed by atoms with Crippen LogP contribution in [-0.4, -0.2) is 50.3 Å². The molecular weight excluding hydrogens is 316 g/mol. The molecule has 1 aromatic carbocycles. The number of ether oxygens (including phenoxy) is 1. The van der Waals surface area contributed by atoms with E-state index in [2.05, 4.69) is 4.72 Å². The summed E-state index contributed by atoms with van der Waals surface area (Å²) in [7, 11) is -3.37. The minimum atomic E-state index is -3.37. The third-order valence-electron chi connectivity index (χ3n) is 3.75. The van der Waals surface area contributed by atoms with Gasteiger partial charge >= 0.3 is 0 Å². The lowest BCUT2D eigenvalue weighted by Crippen LogP contribution is -2.55. The normalized spacial score (nSPS) is 17.8. The van der Waals surface area contributed by atoms with Gasteiger partial charge in [-0.15, -0.1) is 0 Å². The van der Waals surface area contributed by atoms with Crippen LogP contribution < -0.4 is 4.72 Å². The van der Waals surface area contributed by atoms with Gasteiger partial charge in [-0.25, -0.2) is 8.42 Å². The van der Waals surface area contributed by atoms with E-state index in [1.54, 1.807) is 36.1 Å². The fourth-order valence-electron chi connectivity index (χ4n) is 2.61. The van der Waals surface area contributed by atoms with Crippen molar-refractivity contribution in [2.24, 2.45) is 0 Å². The highest BCUT2D eigenvalue weighted by Gasteiger charge is 2.34. The maximum atomic E-state index is 12.8. The van der Waals surface area contributed by atoms with E-state index in [-0.39, 0.29) is 17.2 Å². The highest BCUT2D eigenvalue weighted by molar-refractivity contribution is 7.92. The van der Waals surface area contributed by atoms with Crippen LogP contribution in [0.5, 0.6) is 0 Å². The topological polar surface area (TPSA) is 75.7 Å². The largest absolute Gasteiger partial charge is 0.377 e. The molecule has 128 valence electrons.